The molecule has 1 amide bonds. The monoisotopic (exact) mass is 260 g/mol. The van der Waals surface area contributed by atoms with Crippen LogP contribution in [0.3, 0.4) is 0 Å². The Balaban J connectivity index is 0.000000312. The van der Waals surface area contributed by atoms with Gasteiger partial charge in [-0.1, -0.05) is 31.7 Å². The normalized spacial score (nSPS) is 9.79. The summed E-state index contributed by atoms with van der Waals surface area (Å²) in [6.45, 7) is 6.05. The summed E-state index contributed by atoms with van der Waals surface area (Å²) >= 11 is 0. The van der Waals surface area contributed by atoms with Gasteiger partial charge in [-0.3, -0.25) is 4.79 Å². The predicted molar refractivity (Wildman–Crippen MR) is 77.7 cm³/mol. The van der Waals surface area contributed by atoms with Gasteiger partial charge in [-0.15, -0.1) is 0 Å². The summed E-state index contributed by atoms with van der Waals surface area (Å²) in [4.78, 5) is 9.47. The van der Waals surface area contributed by atoms with Crippen molar-refractivity contribution >= 4 is 16.9 Å². The average Bonchev–Trinajstić information content (AvgIpc) is 2.77. The standard InChI is InChI=1S/C12H15NO.C3H5NO/c1-3-9-10-6-4-5-7-11(10)14-12(9)8-13-2;1-2-3(4)5/h4-7,13H,3,8H2,1-2H3;2H,1H2,(H2,4,5). The SMILES string of the molecule is C=CC(N)=O.CCc1c(CNC)oc2ccccc12. The van der Waals surface area contributed by atoms with Crippen LogP contribution in [0.1, 0.15) is 18.2 Å². The zero-order valence-corrected chi connectivity index (χ0v) is 11.4. The summed E-state index contributed by atoms with van der Waals surface area (Å²) in [5.74, 6) is 0.584. The number of benzene rings is 1. The molecule has 1 aromatic heterocycles. The van der Waals surface area contributed by atoms with Gasteiger partial charge in [0.2, 0.25) is 5.91 Å². The molecular formula is C15H20N2O2. The third-order valence-corrected chi connectivity index (χ3v) is 2.67. The van der Waals surface area contributed by atoms with Crippen molar-refractivity contribution in [2.24, 2.45) is 5.73 Å². The molecule has 0 bridgehead atoms. The molecule has 0 spiro atoms. The van der Waals surface area contributed by atoms with Crippen molar-refractivity contribution in [1.82, 2.24) is 5.32 Å². The molecule has 0 unspecified atom stereocenters. The Kier molecular flexibility index (Phi) is 5.82. The zero-order valence-electron chi connectivity index (χ0n) is 11.4. The maximum Gasteiger partial charge on any atom is 0.240 e. The van der Waals surface area contributed by atoms with Crippen LogP contribution in [0.4, 0.5) is 0 Å². The highest BCUT2D eigenvalue weighted by molar-refractivity contribution is 5.85. The van der Waals surface area contributed by atoms with E-state index in [4.69, 9.17) is 4.42 Å². The fourth-order valence-electron chi connectivity index (χ4n) is 1.84. The van der Waals surface area contributed by atoms with E-state index < -0.39 is 5.91 Å². The molecule has 0 aliphatic carbocycles. The van der Waals surface area contributed by atoms with E-state index in [1.165, 1.54) is 10.9 Å². The van der Waals surface area contributed by atoms with E-state index in [9.17, 15) is 4.79 Å². The average molecular weight is 260 g/mol. The Labute approximate surface area is 113 Å². The predicted octanol–water partition coefficient (Wildman–Crippen LogP) is 2.37. The number of hydrogen-bond acceptors (Lipinski definition) is 3. The van der Waals surface area contributed by atoms with Crippen LogP contribution < -0.4 is 11.1 Å². The first-order valence-electron chi connectivity index (χ1n) is 6.19. The van der Waals surface area contributed by atoms with Gasteiger partial charge in [0.05, 0.1) is 6.54 Å². The van der Waals surface area contributed by atoms with Crippen molar-refractivity contribution in [1.29, 1.82) is 0 Å². The van der Waals surface area contributed by atoms with Crippen molar-refractivity contribution in [2.45, 2.75) is 19.9 Å². The van der Waals surface area contributed by atoms with E-state index in [0.717, 1.165) is 30.4 Å². The van der Waals surface area contributed by atoms with E-state index in [0.29, 0.717) is 0 Å². The molecule has 4 nitrogen and oxygen atoms in total. The van der Waals surface area contributed by atoms with Gasteiger partial charge >= 0.3 is 0 Å². The number of furan rings is 1. The van der Waals surface area contributed by atoms with Crippen LogP contribution >= 0.6 is 0 Å². The lowest BCUT2D eigenvalue weighted by Crippen LogP contribution is -2.05. The molecule has 0 fully saturated rings. The Morgan fingerprint density at radius 3 is 2.63 bits per heavy atom. The smallest absolute Gasteiger partial charge is 0.240 e. The van der Waals surface area contributed by atoms with Crippen molar-refractivity contribution in [2.75, 3.05) is 7.05 Å². The van der Waals surface area contributed by atoms with Crippen LogP contribution in [-0.2, 0) is 17.8 Å². The number of amides is 1. The molecule has 102 valence electrons. The van der Waals surface area contributed by atoms with Gasteiger partial charge in [0, 0.05) is 10.9 Å². The summed E-state index contributed by atoms with van der Waals surface area (Å²) in [5.41, 5.74) is 6.86. The number of carbonyl (C=O) groups is 1. The van der Waals surface area contributed by atoms with Gasteiger partial charge in [0.1, 0.15) is 11.3 Å². The summed E-state index contributed by atoms with van der Waals surface area (Å²) in [6, 6.07) is 8.21. The minimum Gasteiger partial charge on any atom is -0.459 e. The van der Waals surface area contributed by atoms with Crippen LogP contribution in [0.25, 0.3) is 11.0 Å². The Morgan fingerprint density at radius 2 is 2.11 bits per heavy atom. The number of para-hydroxylation sites is 1. The Hall–Kier alpha value is -2.07. The van der Waals surface area contributed by atoms with Crippen LogP contribution in [0.2, 0.25) is 0 Å². The third kappa shape index (κ3) is 3.96. The summed E-state index contributed by atoms with van der Waals surface area (Å²) in [7, 11) is 1.94. The van der Waals surface area contributed by atoms with Crippen molar-refractivity contribution in [3.63, 3.8) is 0 Å². The van der Waals surface area contributed by atoms with Gasteiger partial charge in [0.25, 0.3) is 0 Å². The molecule has 0 aliphatic rings. The van der Waals surface area contributed by atoms with Gasteiger partial charge < -0.3 is 15.5 Å². The van der Waals surface area contributed by atoms with Gasteiger partial charge in [-0.2, -0.15) is 0 Å². The number of nitrogens with one attached hydrogen (secondary N) is 1. The van der Waals surface area contributed by atoms with Crippen molar-refractivity contribution < 1.29 is 9.21 Å². The number of hydrogen-bond donors (Lipinski definition) is 2. The molecular weight excluding hydrogens is 240 g/mol. The molecule has 2 aromatic rings. The fraction of sp³-hybridized carbons (Fsp3) is 0.267. The van der Waals surface area contributed by atoms with Crippen molar-refractivity contribution in [3.8, 4) is 0 Å². The first kappa shape index (κ1) is 15.0. The summed E-state index contributed by atoms with van der Waals surface area (Å²) in [6.07, 6.45) is 2.08. The topological polar surface area (TPSA) is 68.3 Å². The van der Waals surface area contributed by atoms with Crippen LogP contribution in [-0.4, -0.2) is 13.0 Å². The van der Waals surface area contributed by atoms with Crippen molar-refractivity contribution in [3.05, 3.63) is 48.2 Å². The number of nitrogens with two attached hydrogens (primary N) is 1. The second-order valence-corrected chi connectivity index (χ2v) is 3.99. The summed E-state index contributed by atoms with van der Waals surface area (Å²) < 4.78 is 5.77. The van der Waals surface area contributed by atoms with Crippen LogP contribution in [0.15, 0.2) is 41.3 Å². The third-order valence-electron chi connectivity index (χ3n) is 2.67. The van der Waals surface area contributed by atoms with Crippen LogP contribution in [0.5, 0.6) is 0 Å². The first-order chi connectivity index (χ1) is 9.13. The van der Waals surface area contributed by atoms with Gasteiger partial charge in [-0.25, -0.2) is 0 Å². The molecule has 4 heteroatoms. The lowest BCUT2D eigenvalue weighted by atomic mass is 10.1. The quantitative estimate of drug-likeness (QED) is 0.829. The molecule has 19 heavy (non-hydrogen) atoms. The van der Waals surface area contributed by atoms with Crippen LogP contribution in [0, 0.1) is 0 Å². The maximum atomic E-state index is 9.47. The number of rotatable bonds is 4. The maximum absolute atomic E-state index is 9.47. The van der Waals surface area contributed by atoms with E-state index in [1.54, 1.807) is 0 Å². The zero-order chi connectivity index (χ0) is 14.3. The first-order valence-corrected chi connectivity index (χ1v) is 6.19. The van der Waals surface area contributed by atoms with Gasteiger partial charge in [-0.05, 0) is 25.6 Å². The fourth-order valence-corrected chi connectivity index (χ4v) is 1.84. The lowest BCUT2D eigenvalue weighted by molar-refractivity contribution is -0.113. The highest BCUT2D eigenvalue weighted by atomic mass is 16.3. The second kappa shape index (κ2) is 7.38. The minimum absolute atomic E-state index is 0.481. The van der Waals surface area contributed by atoms with E-state index in [-0.39, 0.29) is 0 Å². The molecule has 0 radical (unpaired) electrons. The Morgan fingerprint density at radius 1 is 1.47 bits per heavy atom. The largest absolute Gasteiger partial charge is 0.459 e. The number of primary amides is 1. The molecule has 0 saturated heterocycles. The van der Waals surface area contributed by atoms with E-state index in [2.05, 4.69) is 36.7 Å². The number of aryl methyl sites for hydroxylation is 1. The lowest BCUT2D eigenvalue weighted by Gasteiger charge is -1.97. The van der Waals surface area contributed by atoms with E-state index in [1.807, 2.05) is 19.2 Å². The highest BCUT2D eigenvalue weighted by Gasteiger charge is 2.10. The Bertz CT molecular complexity index is 558. The molecule has 1 aromatic carbocycles. The molecule has 0 atom stereocenters. The second-order valence-electron chi connectivity index (χ2n) is 3.99. The molecule has 3 N–H and O–H groups in total. The number of fused-ring (bicyclic) bond motifs is 1. The minimum atomic E-state index is -0.481. The number of carbonyl (C=O) groups excluding carboxylic acids is 1. The van der Waals surface area contributed by atoms with E-state index >= 15 is 0 Å². The molecule has 0 saturated carbocycles. The molecule has 0 aliphatic heterocycles. The molecule has 1 heterocycles. The molecule has 2 rings (SSSR count). The summed E-state index contributed by atoms with van der Waals surface area (Å²) in [5, 5.41) is 4.38. The van der Waals surface area contributed by atoms with Gasteiger partial charge in [0.15, 0.2) is 0 Å². The highest BCUT2D eigenvalue weighted by Crippen LogP contribution is 2.25.